The average Bonchev–Trinajstić information content (AvgIpc) is 2.81. The first kappa shape index (κ1) is 24.1. The molecule has 3 aromatic rings. The predicted molar refractivity (Wildman–Crippen MR) is 124 cm³/mol. The fourth-order valence-electron chi connectivity index (χ4n) is 3.65. The van der Waals surface area contributed by atoms with E-state index in [9.17, 15) is 18.4 Å². The molecular formula is C27H27F2NO3. The third-order valence-electron chi connectivity index (χ3n) is 5.44. The van der Waals surface area contributed by atoms with Crippen LogP contribution in [0.25, 0.3) is 0 Å². The number of nitrogens with one attached hydrogen (secondary N) is 1. The highest BCUT2D eigenvalue weighted by atomic mass is 19.1. The lowest BCUT2D eigenvalue weighted by molar-refractivity contribution is -0.148. The monoisotopic (exact) mass is 451 g/mol. The van der Waals surface area contributed by atoms with Gasteiger partial charge in [-0.15, -0.1) is 0 Å². The molecule has 2 atom stereocenters. The summed E-state index contributed by atoms with van der Waals surface area (Å²) in [5.41, 5.74) is 2.94. The number of carbonyl (C=O) groups is 2. The van der Waals surface area contributed by atoms with Crippen molar-refractivity contribution in [2.45, 2.75) is 32.7 Å². The molecule has 0 saturated carbocycles. The van der Waals surface area contributed by atoms with Crippen LogP contribution in [0.5, 0.6) is 0 Å². The number of halogens is 2. The summed E-state index contributed by atoms with van der Waals surface area (Å²) in [6.45, 7) is 3.90. The lowest BCUT2D eigenvalue weighted by Gasteiger charge is -2.28. The van der Waals surface area contributed by atoms with E-state index in [-0.39, 0.29) is 31.0 Å². The fraction of sp³-hybridized carbons (Fsp3) is 0.259. The molecule has 0 fully saturated rings. The molecule has 3 rings (SSSR count). The molecule has 0 spiro atoms. The largest absolute Gasteiger partial charge is 0.466 e. The molecule has 0 heterocycles. The number of ether oxygens (including phenoxy) is 1. The van der Waals surface area contributed by atoms with Crippen molar-refractivity contribution in [3.8, 4) is 0 Å². The van der Waals surface area contributed by atoms with Crippen LogP contribution in [-0.4, -0.2) is 18.4 Å². The Morgan fingerprint density at radius 1 is 0.879 bits per heavy atom. The molecule has 0 bridgehead atoms. The number of esters is 1. The van der Waals surface area contributed by atoms with Gasteiger partial charge in [0, 0.05) is 17.7 Å². The van der Waals surface area contributed by atoms with Gasteiger partial charge in [-0.25, -0.2) is 8.78 Å². The zero-order valence-corrected chi connectivity index (χ0v) is 18.7. The molecule has 0 radical (unpaired) electrons. The summed E-state index contributed by atoms with van der Waals surface area (Å²) in [5, 5.41) is 3.32. The molecule has 172 valence electrons. The maximum Gasteiger partial charge on any atom is 0.311 e. The van der Waals surface area contributed by atoms with E-state index in [4.69, 9.17) is 4.74 Å². The minimum atomic E-state index is -0.679. The van der Waals surface area contributed by atoms with Crippen LogP contribution in [0.1, 0.15) is 47.3 Å². The quantitative estimate of drug-likeness (QED) is 0.292. The Bertz CT molecular complexity index is 1060. The van der Waals surface area contributed by atoms with Gasteiger partial charge in [0.1, 0.15) is 11.6 Å². The van der Waals surface area contributed by atoms with Crippen LogP contribution in [0.3, 0.4) is 0 Å². The van der Waals surface area contributed by atoms with Gasteiger partial charge in [-0.3, -0.25) is 9.59 Å². The first-order valence-corrected chi connectivity index (χ1v) is 10.9. The highest BCUT2D eigenvalue weighted by Gasteiger charge is 2.31. The van der Waals surface area contributed by atoms with Gasteiger partial charge in [-0.05, 0) is 74.4 Å². The zero-order valence-electron chi connectivity index (χ0n) is 18.7. The van der Waals surface area contributed by atoms with E-state index in [0.29, 0.717) is 11.3 Å². The summed E-state index contributed by atoms with van der Waals surface area (Å²) in [4.78, 5) is 25.7. The number of hydrogen-bond acceptors (Lipinski definition) is 4. The first-order chi connectivity index (χ1) is 15.9. The number of anilines is 1. The highest BCUT2D eigenvalue weighted by molar-refractivity contribution is 5.96. The lowest BCUT2D eigenvalue weighted by Crippen LogP contribution is -2.30. The second kappa shape index (κ2) is 11.4. The lowest BCUT2D eigenvalue weighted by atomic mass is 9.87. The van der Waals surface area contributed by atoms with Gasteiger partial charge in [0.15, 0.2) is 5.78 Å². The normalized spacial score (nSPS) is 12.6. The van der Waals surface area contributed by atoms with Crippen molar-refractivity contribution in [3.63, 3.8) is 0 Å². The van der Waals surface area contributed by atoms with Gasteiger partial charge in [0.05, 0.1) is 18.6 Å². The molecule has 0 aliphatic carbocycles. The Morgan fingerprint density at radius 2 is 1.45 bits per heavy atom. The summed E-state index contributed by atoms with van der Waals surface area (Å²) < 4.78 is 32.0. The first-order valence-electron chi connectivity index (χ1n) is 10.9. The maximum atomic E-state index is 13.4. The van der Waals surface area contributed by atoms with Crippen LogP contribution in [0.4, 0.5) is 14.5 Å². The minimum absolute atomic E-state index is 0.0859. The number of ketones is 1. The third kappa shape index (κ3) is 6.72. The van der Waals surface area contributed by atoms with Gasteiger partial charge in [0.2, 0.25) is 0 Å². The Morgan fingerprint density at radius 3 is 2.03 bits per heavy atom. The Labute approximate surface area is 192 Å². The van der Waals surface area contributed by atoms with E-state index in [1.165, 1.54) is 36.4 Å². The van der Waals surface area contributed by atoms with Crippen LogP contribution < -0.4 is 5.32 Å². The van der Waals surface area contributed by atoms with E-state index in [1.807, 2.05) is 31.2 Å². The van der Waals surface area contributed by atoms with Crippen molar-refractivity contribution in [1.29, 1.82) is 0 Å². The molecule has 6 heteroatoms. The van der Waals surface area contributed by atoms with Crippen LogP contribution in [-0.2, 0) is 9.53 Å². The number of aryl methyl sites for hydroxylation is 1. The van der Waals surface area contributed by atoms with E-state index in [2.05, 4.69) is 5.32 Å². The number of benzene rings is 3. The van der Waals surface area contributed by atoms with E-state index < -0.39 is 23.7 Å². The fourth-order valence-corrected chi connectivity index (χ4v) is 3.65. The predicted octanol–water partition coefficient (Wildman–Crippen LogP) is 6.27. The van der Waals surface area contributed by atoms with Crippen molar-refractivity contribution < 1.29 is 23.1 Å². The van der Waals surface area contributed by atoms with Gasteiger partial charge >= 0.3 is 5.97 Å². The van der Waals surface area contributed by atoms with Crippen molar-refractivity contribution in [2.75, 3.05) is 11.9 Å². The SMILES string of the molecule is CCOC(=O)C(CCC(=O)c1ccc(F)cc1)C(Nc1ccc(F)cc1)c1ccc(C)cc1. The molecule has 0 saturated heterocycles. The van der Waals surface area contributed by atoms with Gasteiger partial charge < -0.3 is 10.1 Å². The Balaban J connectivity index is 1.89. The van der Waals surface area contributed by atoms with Crippen molar-refractivity contribution >= 4 is 17.4 Å². The number of hydrogen-bond donors (Lipinski definition) is 1. The molecule has 1 N–H and O–H groups in total. The topological polar surface area (TPSA) is 55.4 Å². The molecule has 0 aromatic heterocycles. The zero-order chi connectivity index (χ0) is 23.8. The van der Waals surface area contributed by atoms with Crippen molar-refractivity contribution in [1.82, 2.24) is 0 Å². The van der Waals surface area contributed by atoms with Crippen molar-refractivity contribution in [3.05, 3.63) is 101 Å². The van der Waals surface area contributed by atoms with Crippen molar-refractivity contribution in [2.24, 2.45) is 5.92 Å². The molecule has 0 aliphatic rings. The van der Waals surface area contributed by atoms with Crippen LogP contribution >= 0.6 is 0 Å². The van der Waals surface area contributed by atoms with E-state index >= 15 is 0 Å². The summed E-state index contributed by atoms with van der Waals surface area (Å²) in [6, 6.07) is 18.5. The molecular weight excluding hydrogens is 424 g/mol. The number of rotatable bonds is 10. The van der Waals surface area contributed by atoms with Crippen LogP contribution in [0.15, 0.2) is 72.8 Å². The molecule has 4 nitrogen and oxygen atoms in total. The average molecular weight is 452 g/mol. The van der Waals surface area contributed by atoms with E-state index in [1.54, 1.807) is 19.1 Å². The molecule has 0 aliphatic heterocycles. The maximum absolute atomic E-state index is 13.4. The van der Waals surface area contributed by atoms with Gasteiger partial charge in [-0.1, -0.05) is 29.8 Å². The van der Waals surface area contributed by atoms with Gasteiger partial charge in [-0.2, -0.15) is 0 Å². The third-order valence-corrected chi connectivity index (χ3v) is 5.44. The molecule has 3 aromatic carbocycles. The number of carbonyl (C=O) groups excluding carboxylic acids is 2. The minimum Gasteiger partial charge on any atom is -0.466 e. The van der Waals surface area contributed by atoms with Crippen LogP contribution in [0.2, 0.25) is 0 Å². The Kier molecular flexibility index (Phi) is 8.30. The molecule has 33 heavy (non-hydrogen) atoms. The standard InChI is InChI=1S/C27H27F2NO3/c1-3-33-27(32)24(16-17-25(31)19-8-10-21(28)11-9-19)26(20-6-4-18(2)5-7-20)30-23-14-12-22(29)13-15-23/h4-15,24,26,30H,3,16-17H2,1-2H3. The molecule has 2 unspecified atom stereocenters. The van der Waals surface area contributed by atoms with Crippen LogP contribution in [0, 0.1) is 24.5 Å². The number of Topliss-reactive ketones (excluding diaryl/α,β-unsaturated/α-hetero) is 1. The summed E-state index contributed by atoms with van der Waals surface area (Å²) in [5.74, 6) is -2.07. The summed E-state index contributed by atoms with van der Waals surface area (Å²) in [6.07, 6.45) is 0.310. The smallest absolute Gasteiger partial charge is 0.311 e. The summed E-state index contributed by atoms with van der Waals surface area (Å²) in [7, 11) is 0. The molecule has 0 amide bonds. The Hall–Kier alpha value is -3.54. The van der Waals surface area contributed by atoms with Gasteiger partial charge in [0.25, 0.3) is 0 Å². The second-order valence-electron chi connectivity index (χ2n) is 7.87. The van der Waals surface area contributed by atoms with E-state index in [0.717, 1.165) is 11.1 Å². The summed E-state index contributed by atoms with van der Waals surface area (Å²) >= 11 is 0. The highest BCUT2D eigenvalue weighted by Crippen LogP contribution is 2.32. The second-order valence-corrected chi connectivity index (χ2v) is 7.87.